The minimum atomic E-state index is -0.105. The summed E-state index contributed by atoms with van der Waals surface area (Å²) in [4.78, 5) is 6.72. The number of allylic oxidation sites excluding steroid dienone is 2. The molecule has 0 fully saturated rings. The van der Waals surface area contributed by atoms with E-state index in [0.717, 1.165) is 43.8 Å². The van der Waals surface area contributed by atoms with Crippen molar-refractivity contribution in [3.8, 4) is 0 Å². The van der Waals surface area contributed by atoms with Crippen LogP contribution < -0.4 is 26.4 Å². The molecule has 6 heteroatoms. The third-order valence-corrected chi connectivity index (χ3v) is 10.1. The van der Waals surface area contributed by atoms with Crippen molar-refractivity contribution in [3.05, 3.63) is 180 Å². The van der Waals surface area contributed by atoms with Crippen molar-refractivity contribution in [2.75, 3.05) is 14.8 Å². The summed E-state index contributed by atoms with van der Waals surface area (Å²) in [5.74, 6) is 6.62. The van der Waals surface area contributed by atoms with E-state index >= 15 is 0 Å². The van der Waals surface area contributed by atoms with Crippen LogP contribution in [0.5, 0.6) is 0 Å². The zero-order valence-corrected chi connectivity index (χ0v) is 27.4. The minimum Gasteiger partial charge on any atom is -0.397 e. The second kappa shape index (κ2) is 12.1. The number of nitrogens with two attached hydrogens (primary N) is 2. The molecule has 2 heterocycles. The van der Waals surface area contributed by atoms with Crippen molar-refractivity contribution in [3.63, 3.8) is 0 Å². The standard InChI is InChI=1S/C41H37N5S/c1-5-35-39(6-2)47-40-21-12-11-20-38(40)46(35)31-15-13-14-30(26-31)44(43)27-34(42)28-22-24-29(25-23-28)45-36-18-9-7-16-32(36)41(3,4)33-17-8-10-19-37(33)45/h5-27H,1-2,42-43H2,3-4H3/b34-27-. The predicted molar refractivity (Wildman–Crippen MR) is 200 cm³/mol. The summed E-state index contributed by atoms with van der Waals surface area (Å²) in [5.41, 5.74) is 17.8. The molecule has 0 unspecified atom stereocenters. The van der Waals surface area contributed by atoms with Crippen molar-refractivity contribution >= 4 is 51.6 Å². The van der Waals surface area contributed by atoms with Crippen LogP contribution in [0, 0.1) is 0 Å². The number of nitrogens with zero attached hydrogens (tertiary/aromatic N) is 3. The lowest BCUT2D eigenvalue weighted by Crippen LogP contribution is -2.30. The largest absolute Gasteiger partial charge is 0.397 e. The Morgan fingerprint density at radius 2 is 1.32 bits per heavy atom. The van der Waals surface area contributed by atoms with Crippen LogP contribution in [-0.2, 0) is 5.41 Å². The van der Waals surface area contributed by atoms with Gasteiger partial charge in [0.05, 0.1) is 34.1 Å². The number of hydrogen-bond donors (Lipinski definition) is 2. The molecule has 0 spiro atoms. The van der Waals surface area contributed by atoms with Gasteiger partial charge < -0.3 is 15.5 Å². The van der Waals surface area contributed by atoms with Crippen LogP contribution in [0.2, 0.25) is 0 Å². The van der Waals surface area contributed by atoms with Gasteiger partial charge in [0, 0.05) is 32.8 Å². The normalized spacial score (nSPS) is 15.0. The van der Waals surface area contributed by atoms with E-state index in [-0.39, 0.29) is 5.41 Å². The molecule has 2 aliphatic rings. The Labute approximate surface area is 281 Å². The van der Waals surface area contributed by atoms with Gasteiger partial charge >= 0.3 is 0 Å². The highest BCUT2D eigenvalue weighted by molar-refractivity contribution is 8.03. The summed E-state index contributed by atoms with van der Waals surface area (Å²) in [6.07, 6.45) is 5.51. The average molecular weight is 632 g/mol. The summed E-state index contributed by atoms with van der Waals surface area (Å²) in [6.45, 7) is 12.7. The average Bonchev–Trinajstić information content (AvgIpc) is 3.11. The summed E-state index contributed by atoms with van der Waals surface area (Å²) in [7, 11) is 0. The van der Waals surface area contributed by atoms with E-state index in [9.17, 15) is 0 Å². The van der Waals surface area contributed by atoms with Crippen molar-refractivity contribution in [2.45, 2.75) is 24.2 Å². The summed E-state index contributed by atoms with van der Waals surface area (Å²) in [6, 6.07) is 42.1. The van der Waals surface area contributed by atoms with Crippen LogP contribution in [0.15, 0.2) is 168 Å². The fraction of sp³-hybridized carbons (Fsp3) is 0.0732. The molecule has 0 radical (unpaired) electrons. The van der Waals surface area contributed by atoms with Gasteiger partial charge in [0.25, 0.3) is 0 Å². The molecule has 0 saturated heterocycles. The van der Waals surface area contributed by atoms with Crippen LogP contribution in [-0.4, -0.2) is 0 Å². The van der Waals surface area contributed by atoms with Gasteiger partial charge in [0.1, 0.15) is 0 Å². The van der Waals surface area contributed by atoms with E-state index < -0.39 is 0 Å². The van der Waals surface area contributed by atoms with Crippen LogP contribution in [0.1, 0.15) is 30.5 Å². The van der Waals surface area contributed by atoms with Gasteiger partial charge in [0.15, 0.2) is 0 Å². The monoisotopic (exact) mass is 631 g/mol. The highest BCUT2D eigenvalue weighted by atomic mass is 32.2. The lowest BCUT2D eigenvalue weighted by Gasteiger charge is -2.42. The fourth-order valence-electron chi connectivity index (χ4n) is 6.60. The highest BCUT2D eigenvalue weighted by Crippen LogP contribution is 2.52. The van der Waals surface area contributed by atoms with E-state index in [0.29, 0.717) is 5.70 Å². The molecule has 5 aromatic carbocycles. The van der Waals surface area contributed by atoms with Gasteiger partial charge in [-0.25, -0.2) is 5.84 Å². The number of rotatable bonds is 7. The number of hydrazine groups is 1. The Morgan fingerprint density at radius 3 is 1.96 bits per heavy atom. The van der Waals surface area contributed by atoms with Crippen LogP contribution in [0.3, 0.4) is 0 Å². The third kappa shape index (κ3) is 5.22. The SMILES string of the molecule is C=CC1=C(C=C)N(c2cccc(N(N)/C=C(\N)c3ccc(N4c5ccccc5C(C)(C)c5ccccc54)cc3)c2)c2ccccc2S1. The van der Waals surface area contributed by atoms with Gasteiger partial charge in [-0.1, -0.05) is 112 Å². The molecule has 0 aromatic heterocycles. The third-order valence-electron chi connectivity index (χ3n) is 8.96. The van der Waals surface area contributed by atoms with Crippen LogP contribution in [0.25, 0.3) is 5.70 Å². The maximum absolute atomic E-state index is 6.66. The maximum Gasteiger partial charge on any atom is 0.0601 e. The molecule has 4 N–H and O–H groups in total. The number of benzene rings is 5. The number of thioether (sulfide) groups is 1. The highest BCUT2D eigenvalue weighted by Gasteiger charge is 2.36. The van der Waals surface area contributed by atoms with E-state index in [1.165, 1.54) is 22.5 Å². The van der Waals surface area contributed by atoms with Gasteiger partial charge in [-0.3, -0.25) is 5.01 Å². The molecular formula is C41H37N5S. The molecular weight excluding hydrogens is 595 g/mol. The lowest BCUT2D eigenvalue weighted by molar-refractivity contribution is 0.632. The summed E-state index contributed by atoms with van der Waals surface area (Å²) >= 11 is 1.69. The van der Waals surface area contributed by atoms with Crippen molar-refractivity contribution < 1.29 is 0 Å². The number of fused-ring (bicyclic) bond motifs is 3. The molecule has 5 nitrogen and oxygen atoms in total. The van der Waals surface area contributed by atoms with Crippen molar-refractivity contribution in [1.29, 1.82) is 0 Å². The molecule has 232 valence electrons. The van der Waals surface area contributed by atoms with E-state index in [1.54, 1.807) is 23.0 Å². The summed E-state index contributed by atoms with van der Waals surface area (Å²) < 4.78 is 0. The van der Waals surface area contributed by atoms with E-state index in [1.807, 2.05) is 36.4 Å². The van der Waals surface area contributed by atoms with Gasteiger partial charge in [-0.05, 0) is 77.4 Å². The van der Waals surface area contributed by atoms with Gasteiger partial charge in [0.2, 0.25) is 0 Å². The van der Waals surface area contributed by atoms with Crippen molar-refractivity contribution in [2.24, 2.45) is 11.6 Å². The number of para-hydroxylation sites is 3. The number of hydrogen-bond acceptors (Lipinski definition) is 6. The molecule has 0 amide bonds. The molecule has 0 saturated carbocycles. The van der Waals surface area contributed by atoms with Gasteiger partial charge in [-0.2, -0.15) is 0 Å². The Hall–Kier alpha value is -5.43. The quantitative estimate of drug-likeness (QED) is 0.138. The van der Waals surface area contributed by atoms with Gasteiger partial charge in [-0.15, -0.1) is 0 Å². The molecule has 47 heavy (non-hydrogen) atoms. The van der Waals surface area contributed by atoms with E-state index in [2.05, 4.69) is 134 Å². The Bertz CT molecular complexity index is 2020. The van der Waals surface area contributed by atoms with E-state index in [4.69, 9.17) is 11.6 Å². The first-order valence-electron chi connectivity index (χ1n) is 15.6. The molecule has 7 rings (SSSR count). The minimum absolute atomic E-state index is 0.105. The first-order chi connectivity index (χ1) is 22.8. The summed E-state index contributed by atoms with van der Waals surface area (Å²) in [5, 5.41) is 1.57. The molecule has 2 aliphatic heterocycles. The topological polar surface area (TPSA) is 61.8 Å². The second-order valence-corrected chi connectivity index (χ2v) is 13.2. The molecule has 0 atom stereocenters. The van der Waals surface area contributed by atoms with Crippen LogP contribution in [0.4, 0.5) is 34.1 Å². The second-order valence-electron chi connectivity index (χ2n) is 12.1. The zero-order chi connectivity index (χ0) is 32.7. The molecule has 5 aromatic rings. The predicted octanol–water partition coefficient (Wildman–Crippen LogP) is 10.3. The Morgan fingerprint density at radius 1 is 0.702 bits per heavy atom. The fourth-order valence-corrected chi connectivity index (χ4v) is 7.61. The molecule has 0 aliphatic carbocycles. The smallest absolute Gasteiger partial charge is 0.0601 e. The van der Waals surface area contributed by atoms with Crippen molar-refractivity contribution in [1.82, 2.24) is 0 Å². The maximum atomic E-state index is 6.66. The van der Waals surface area contributed by atoms with Crippen LogP contribution >= 0.6 is 11.8 Å². The Balaban J connectivity index is 1.19. The first kappa shape index (κ1) is 30.2. The Kier molecular flexibility index (Phi) is 7.76. The molecule has 0 bridgehead atoms. The lowest BCUT2D eigenvalue weighted by atomic mass is 9.73. The number of anilines is 6. The zero-order valence-electron chi connectivity index (χ0n) is 26.6. The first-order valence-corrected chi connectivity index (χ1v) is 16.4.